The summed E-state index contributed by atoms with van der Waals surface area (Å²) >= 11 is 0. The van der Waals surface area contributed by atoms with Gasteiger partial charge in [0.25, 0.3) is 5.91 Å². The number of aromatic carboxylic acids is 2. The van der Waals surface area contributed by atoms with Crippen LogP contribution < -0.4 is 19.5 Å². The molecule has 0 saturated heterocycles. The predicted molar refractivity (Wildman–Crippen MR) is 162 cm³/mol. The minimum absolute atomic E-state index is 0.0106. The molecule has 0 bridgehead atoms. The van der Waals surface area contributed by atoms with Gasteiger partial charge in [0.05, 0.1) is 36.5 Å². The summed E-state index contributed by atoms with van der Waals surface area (Å²) in [7, 11) is 0. The Morgan fingerprint density at radius 1 is 0.605 bits per heavy atom. The van der Waals surface area contributed by atoms with Crippen LogP contribution in [0.3, 0.4) is 0 Å². The summed E-state index contributed by atoms with van der Waals surface area (Å²) in [5, 5.41) is 21.2. The van der Waals surface area contributed by atoms with Crippen LogP contribution in [0, 0.1) is 0 Å². The van der Waals surface area contributed by atoms with E-state index in [0.29, 0.717) is 26.1 Å². The Bertz CT molecular complexity index is 1540. The van der Waals surface area contributed by atoms with Crippen LogP contribution in [-0.2, 0) is 6.42 Å². The van der Waals surface area contributed by atoms with E-state index in [2.05, 4.69) is 5.32 Å². The number of para-hydroxylation sites is 1. The van der Waals surface area contributed by atoms with E-state index < -0.39 is 17.8 Å². The molecule has 43 heavy (non-hydrogen) atoms. The molecule has 0 aromatic heterocycles. The van der Waals surface area contributed by atoms with Gasteiger partial charge in [0, 0.05) is 5.69 Å². The topological polar surface area (TPSA) is 131 Å². The van der Waals surface area contributed by atoms with Crippen LogP contribution in [0.5, 0.6) is 17.2 Å². The maximum atomic E-state index is 13.0. The molecular formula is C34H33NO8. The van der Waals surface area contributed by atoms with Crippen LogP contribution in [0.15, 0.2) is 97.1 Å². The molecule has 4 aromatic rings. The number of hydrogen-bond donors (Lipinski definition) is 3. The minimum atomic E-state index is -1.18. The number of aryl methyl sites for hydroxylation is 1. The van der Waals surface area contributed by atoms with Crippen LogP contribution >= 0.6 is 0 Å². The quantitative estimate of drug-likeness (QED) is 0.126. The summed E-state index contributed by atoms with van der Waals surface area (Å²) in [6.07, 6.45) is 3.10. The van der Waals surface area contributed by atoms with Crippen molar-refractivity contribution in [3.8, 4) is 17.2 Å². The van der Waals surface area contributed by atoms with Crippen LogP contribution in [0.2, 0.25) is 0 Å². The summed E-state index contributed by atoms with van der Waals surface area (Å²) in [5.41, 5.74) is 1.31. The molecule has 4 aromatic carbocycles. The van der Waals surface area contributed by atoms with Gasteiger partial charge >= 0.3 is 11.9 Å². The van der Waals surface area contributed by atoms with E-state index in [1.165, 1.54) is 36.4 Å². The van der Waals surface area contributed by atoms with Gasteiger partial charge < -0.3 is 29.7 Å². The maximum Gasteiger partial charge on any atom is 0.335 e. The van der Waals surface area contributed by atoms with E-state index in [1.807, 2.05) is 54.6 Å². The van der Waals surface area contributed by atoms with Gasteiger partial charge in [-0.15, -0.1) is 0 Å². The molecular weight excluding hydrogens is 550 g/mol. The number of carbonyl (C=O) groups is 3. The van der Waals surface area contributed by atoms with Crippen molar-refractivity contribution in [1.82, 2.24) is 0 Å². The van der Waals surface area contributed by atoms with E-state index in [-0.39, 0.29) is 34.7 Å². The Kier molecular flexibility index (Phi) is 11.1. The number of anilines is 1. The van der Waals surface area contributed by atoms with Crippen molar-refractivity contribution in [1.29, 1.82) is 0 Å². The van der Waals surface area contributed by atoms with Crippen LogP contribution in [0.25, 0.3) is 0 Å². The molecule has 0 aliphatic heterocycles. The van der Waals surface area contributed by atoms with Crippen LogP contribution in [-0.4, -0.2) is 47.9 Å². The fourth-order valence-electron chi connectivity index (χ4n) is 4.24. The normalized spacial score (nSPS) is 10.5. The first-order valence-corrected chi connectivity index (χ1v) is 13.9. The number of benzene rings is 4. The number of carbonyl (C=O) groups excluding carboxylic acids is 1. The molecule has 0 fully saturated rings. The van der Waals surface area contributed by atoms with E-state index in [0.717, 1.165) is 29.9 Å². The van der Waals surface area contributed by atoms with Crippen molar-refractivity contribution in [3.05, 3.63) is 119 Å². The number of ether oxygens (including phenoxy) is 3. The Morgan fingerprint density at radius 2 is 1.26 bits per heavy atom. The van der Waals surface area contributed by atoms with Gasteiger partial charge in [-0.25, -0.2) is 9.59 Å². The summed E-state index contributed by atoms with van der Waals surface area (Å²) < 4.78 is 17.5. The van der Waals surface area contributed by atoms with E-state index in [1.54, 1.807) is 6.07 Å². The first-order valence-electron chi connectivity index (χ1n) is 13.9. The van der Waals surface area contributed by atoms with Crippen molar-refractivity contribution in [2.24, 2.45) is 0 Å². The lowest BCUT2D eigenvalue weighted by molar-refractivity contribution is 0.0686. The molecule has 3 N–H and O–H groups in total. The molecule has 9 heteroatoms. The summed E-state index contributed by atoms with van der Waals surface area (Å²) in [6, 6.07) is 27.4. The first kappa shape index (κ1) is 30.6. The third-order valence-electron chi connectivity index (χ3n) is 6.42. The molecule has 1 amide bonds. The molecule has 9 nitrogen and oxygen atoms in total. The Balaban J connectivity index is 1.26. The van der Waals surface area contributed by atoms with E-state index >= 15 is 0 Å². The molecule has 0 heterocycles. The van der Waals surface area contributed by atoms with Gasteiger partial charge in [-0.05, 0) is 91.9 Å². The zero-order valence-corrected chi connectivity index (χ0v) is 23.5. The lowest BCUT2D eigenvalue weighted by Gasteiger charge is -2.13. The van der Waals surface area contributed by atoms with Crippen LogP contribution in [0.4, 0.5) is 5.69 Å². The number of nitrogens with one attached hydrogen (secondary N) is 1. The van der Waals surface area contributed by atoms with Crippen molar-refractivity contribution < 1.29 is 38.8 Å². The fraction of sp³-hybridized carbons (Fsp3) is 0.206. The molecule has 0 radical (unpaired) electrons. The van der Waals surface area contributed by atoms with Gasteiger partial charge in [-0.3, -0.25) is 4.79 Å². The summed E-state index contributed by atoms with van der Waals surface area (Å²) in [6.45, 7) is 1.50. The van der Waals surface area contributed by atoms with Gasteiger partial charge in [0.15, 0.2) is 0 Å². The highest BCUT2D eigenvalue weighted by atomic mass is 16.5. The number of rotatable bonds is 16. The number of amides is 1. The van der Waals surface area contributed by atoms with Gasteiger partial charge in [-0.1, -0.05) is 36.4 Å². The molecule has 4 rings (SSSR count). The smallest absolute Gasteiger partial charge is 0.335 e. The highest BCUT2D eigenvalue weighted by Gasteiger charge is 2.17. The Morgan fingerprint density at radius 3 is 2.00 bits per heavy atom. The number of carboxylic acids is 2. The number of unbranched alkanes of at least 4 members (excludes halogenated alkanes) is 1. The number of hydrogen-bond acceptors (Lipinski definition) is 6. The maximum absolute atomic E-state index is 13.0. The lowest BCUT2D eigenvalue weighted by Crippen LogP contribution is -2.15. The summed E-state index contributed by atoms with van der Waals surface area (Å²) in [4.78, 5) is 35.8. The average Bonchev–Trinajstić information content (AvgIpc) is 3.01. The monoisotopic (exact) mass is 583 g/mol. The second-order valence-electron chi connectivity index (χ2n) is 9.67. The van der Waals surface area contributed by atoms with Crippen molar-refractivity contribution >= 4 is 23.5 Å². The highest BCUT2D eigenvalue weighted by molar-refractivity contribution is 6.08. The van der Waals surface area contributed by atoms with Gasteiger partial charge in [-0.2, -0.15) is 0 Å². The van der Waals surface area contributed by atoms with Crippen molar-refractivity contribution in [3.63, 3.8) is 0 Å². The molecule has 222 valence electrons. The van der Waals surface area contributed by atoms with E-state index in [9.17, 15) is 24.6 Å². The second kappa shape index (κ2) is 15.6. The van der Waals surface area contributed by atoms with Crippen molar-refractivity contribution in [2.45, 2.75) is 25.7 Å². The van der Waals surface area contributed by atoms with Gasteiger partial charge in [0.2, 0.25) is 0 Å². The zero-order valence-electron chi connectivity index (χ0n) is 23.5. The molecule has 0 unspecified atom stereocenters. The minimum Gasteiger partial charge on any atom is -0.494 e. The summed E-state index contributed by atoms with van der Waals surface area (Å²) in [5.74, 6) is -1.05. The predicted octanol–water partition coefficient (Wildman–Crippen LogP) is 6.58. The average molecular weight is 584 g/mol. The molecule has 0 aliphatic carbocycles. The molecule has 0 aliphatic rings. The third-order valence-corrected chi connectivity index (χ3v) is 6.42. The second-order valence-corrected chi connectivity index (χ2v) is 9.67. The third kappa shape index (κ3) is 9.64. The van der Waals surface area contributed by atoms with Crippen molar-refractivity contribution in [2.75, 3.05) is 25.1 Å². The zero-order chi connectivity index (χ0) is 30.4. The Labute approximate surface area is 249 Å². The SMILES string of the molecule is O=C(O)c1cccc(NC(=O)c2cc(C(=O)O)ccc2OCCCc2cccc(OCCCCOc3ccccc3)c2)c1. The van der Waals surface area contributed by atoms with Gasteiger partial charge in [0.1, 0.15) is 17.2 Å². The van der Waals surface area contributed by atoms with E-state index in [4.69, 9.17) is 14.2 Å². The lowest BCUT2D eigenvalue weighted by atomic mass is 10.1. The molecule has 0 spiro atoms. The molecule has 0 atom stereocenters. The highest BCUT2D eigenvalue weighted by Crippen LogP contribution is 2.23. The first-order chi connectivity index (χ1) is 20.9. The van der Waals surface area contributed by atoms with Crippen LogP contribution in [0.1, 0.15) is 55.9 Å². The number of carboxylic acid groups (broad SMARTS) is 2. The Hall–Kier alpha value is -5.31. The largest absolute Gasteiger partial charge is 0.494 e. The standard InChI is InChI=1S/C34H33NO8/c36-32(35-27-12-7-11-25(22-27)33(37)38)30-23-26(34(39)40)16-17-31(30)43-20-8-10-24-9-6-15-29(21-24)42-19-5-4-18-41-28-13-2-1-3-14-28/h1-3,6-7,9,11-17,21-23H,4-5,8,10,18-20H2,(H,35,36)(H,37,38)(H,39,40). The molecule has 0 saturated carbocycles. The fourth-order valence-corrected chi connectivity index (χ4v) is 4.24.